The minimum absolute atomic E-state index is 0.131. The Morgan fingerprint density at radius 2 is 2.08 bits per heavy atom. The lowest BCUT2D eigenvalue weighted by molar-refractivity contribution is -0.141. The average molecular weight is 187 g/mol. The summed E-state index contributed by atoms with van der Waals surface area (Å²) >= 11 is 0. The molecule has 1 heterocycles. The number of hydrogen-bond acceptors (Lipinski definition) is 3. The molecule has 0 aromatic carbocycles. The lowest BCUT2D eigenvalue weighted by Gasteiger charge is -2.06. The molecule has 1 aromatic rings. The van der Waals surface area contributed by atoms with Gasteiger partial charge < -0.3 is 0 Å². The molecule has 1 aromatic heterocycles. The predicted octanol–water partition coefficient (Wildman–Crippen LogP) is 1.68. The summed E-state index contributed by atoms with van der Waals surface area (Å²) in [5.74, 6) is 0. The SMILES string of the molecule is Cc1cnc(C#N)c(C(F)(F)F)n1. The Morgan fingerprint density at radius 1 is 1.46 bits per heavy atom. The maximum Gasteiger partial charge on any atom is 0.436 e. The van der Waals surface area contributed by atoms with E-state index in [2.05, 4.69) is 9.97 Å². The quantitative estimate of drug-likeness (QED) is 0.620. The summed E-state index contributed by atoms with van der Waals surface area (Å²) in [5.41, 5.74) is -1.79. The fraction of sp³-hybridized carbons (Fsp3) is 0.286. The van der Waals surface area contributed by atoms with E-state index in [9.17, 15) is 13.2 Å². The summed E-state index contributed by atoms with van der Waals surface area (Å²) in [6.45, 7) is 1.38. The zero-order chi connectivity index (χ0) is 10.1. The second-order valence-corrected chi connectivity index (χ2v) is 2.32. The van der Waals surface area contributed by atoms with Crippen LogP contribution in [0.2, 0.25) is 0 Å². The van der Waals surface area contributed by atoms with Crippen LogP contribution in [0.3, 0.4) is 0 Å². The van der Waals surface area contributed by atoms with Crippen LogP contribution in [-0.4, -0.2) is 9.97 Å². The third kappa shape index (κ3) is 1.93. The van der Waals surface area contributed by atoms with Crippen molar-refractivity contribution in [1.29, 1.82) is 5.26 Å². The van der Waals surface area contributed by atoms with Crippen LogP contribution in [0.4, 0.5) is 13.2 Å². The van der Waals surface area contributed by atoms with E-state index >= 15 is 0 Å². The molecule has 3 nitrogen and oxygen atoms in total. The van der Waals surface area contributed by atoms with E-state index < -0.39 is 17.6 Å². The molecular weight excluding hydrogens is 183 g/mol. The zero-order valence-electron chi connectivity index (χ0n) is 6.55. The molecule has 0 radical (unpaired) electrons. The van der Waals surface area contributed by atoms with Gasteiger partial charge in [0.25, 0.3) is 0 Å². The number of rotatable bonds is 0. The Balaban J connectivity index is 3.35. The summed E-state index contributed by atoms with van der Waals surface area (Å²) < 4.78 is 36.5. The smallest absolute Gasteiger partial charge is 0.244 e. The largest absolute Gasteiger partial charge is 0.436 e. The number of hydrogen-bond donors (Lipinski definition) is 0. The Hall–Kier alpha value is -1.64. The highest BCUT2D eigenvalue weighted by Gasteiger charge is 2.36. The summed E-state index contributed by atoms with van der Waals surface area (Å²) in [4.78, 5) is 6.52. The first-order valence-electron chi connectivity index (χ1n) is 3.26. The molecule has 0 saturated carbocycles. The van der Waals surface area contributed by atoms with Crippen LogP contribution < -0.4 is 0 Å². The van der Waals surface area contributed by atoms with Gasteiger partial charge in [0.1, 0.15) is 6.07 Å². The number of nitriles is 1. The van der Waals surface area contributed by atoms with Gasteiger partial charge in [-0.25, -0.2) is 9.97 Å². The van der Waals surface area contributed by atoms with Crippen LogP contribution in [0.1, 0.15) is 17.1 Å². The molecule has 6 heteroatoms. The lowest BCUT2D eigenvalue weighted by Crippen LogP contribution is -2.12. The normalized spacial score (nSPS) is 11.0. The molecule has 0 amide bonds. The molecule has 0 saturated heterocycles. The molecule has 0 bridgehead atoms. The molecular formula is C7H4F3N3. The fourth-order valence-corrected chi connectivity index (χ4v) is 0.757. The summed E-state index contributed by atoms with van der Waals surface area (Å²) in [7, 11) is 0. The van der Waals surface area contributed by atoms with Crippen molar-refractivity contribution in [1.82, 2.24) is 9.97 Å². The van der Waals surface area contributed by atoms with Crippen molar-refractivity contribution in [3.05, 3.63) is 23.3 Å². The van der Waals surface area contributed by atoms with Gasteiger partial charge in [-0.3, -0.25) is 0 Å². The molecule has 0 spiro atoms. The minimum Gasteiger partial charge on any atom is -0.244 e. The highest BCUT2D eigenvalue weighted by molar-refractivity contribution is 5.28. The van der Waals surface area contributed by atoms with Crippen molar-refractivity contribution in [3.63, 3.8) is 0 Å². The maximum atomic E-state index is 12.2. The van der Waals surface area contributed by atoms with Gasteiger partial charge in [0.15, 0.2) is 11.4 Å². The topological polar surface area (TPSA) is 49.6 Å². The van der Waals surface area contributed by atoms with E-state index in [1.165, 1.54) is 13.0 Å². The lowest BCUT2D eigenvalue weighted by atomic mass is 10.3. The standard InChI is InChI=1S/C7H4F3N3/c1-4-3-12-5(2-11)6(13-4)7(8,9)10/h3H,1H3. The van der Waals surface area contributed by atoms with Crippen molar-refractivity contribution in [3.8, 4) is 6.07 Å². The number of halogens is 3. The number of aromatic nitrogens is 2. The zero-order valence-corrected chi connectivity index (χ0v) is 6.55. The van der Waals surface area contributed by atoms with Crippen LogP contribution in [0.15, 0.2) is 6.20 Å². The van der Waals surface area contributed by atoms with Crippen LogP contribution in [0.5, 0.6) is 0 Å². The Kier molecular flexibility index (Phi) is 2.19. The van der Waals surface area contributed by atoms with Crippen molar-refractivity contribution < 1.29 is 13.2 Å². The molecule has 0 aliphatic rings. The second kappa shape index (κ2) is 3.01. The molecule has 68 valence electrons. The Morgan fingerprint density at radius 3 is 2.54 bits per heavy atom. The first kappa shape index (κ1) is 9.45. The number of aryl methyl sites for hydroxylation is 1. The number of alkyl halides is 3. The first-order valence-corrected chi connectivity index (χ1v) is 3.26. The molecule has 0 fully saturated rings. The van der Waals surface area contributed by atoms with Gasteiger partial charge in [0.05, 0.1) is 5.69 Å². The third-order valence-corrected chi connectivity index (χ3v) is 1.27. The van der Waals surface area contributed by atoms with Gasteiger partial charge in [0.2, 0.25) is 0 Å². The summed E-state index contributed by atoms with van der Waals surface area (Å²) in [6, 6.07) is 1.34. The molecule has 0 aliphatic carbocycles. The van der Waals surface area contributed by atoms with Crippen molar-refractivity contribution >= 4 is 0 Å². The van der Waals surface area contributed by atoms with Crippen LogP contribution >= 0.6 is 0 Å². The first-order chi connectivity index (χ1) is 5.95. The van der Waals surface area contributed by atoms with E-state index in [1.54, 1.807) is 0 Å². The second-order valence-electron chi connectivity index (χ2n) is 2.32. The molecule has 0 atom stereocenters. The van der Waals surface area contributed by atoms with Gasteiger partial charge in [-0.2, -0.15) is 18.4 Å². The van der Waals surface area contributed by atoms with Gasteiger partial charge in [-0.05, 0) is 6.92 Å². The average Bonchev–Trinajstić information content (AvgIpc) is 2.03. The van der Waals surface area contributed by atoms with Gasteiger partial charge in [-0.1, -0.05) is 0 Å². The Bertz CT molecular complexity index is 364. The Labute approximate surface area is 71.9 Å². The van der Waals surface area contributed by atoms with E-state index in [4.69, 9.17) is 5.26 Å². The summed E-state index contributed by atoms with van der Waals surface area (Å²) in [6.07, 6.45) is -3.50. The molecule has 0 N–H and O–H groups in total. The number of nitrogens with zero attached hydrogens (tertiary/aromatic N) is 3. The van der Waals surface area contributed by atoms with Crippen LogP contribution in [0.25, 0.3) is 0 Å². The predicted molar refractivity (Wildman–Crippen MR) is 36.5 cm³/mol. The van der Waals surface area contributed by atoms with Crippen LogP contribution in [0, 0.1) is 18.3 Å². The summed E-state index contributed by atoms with van der Waals surface area (Å²) in [5, 5.41) is 8.32. The van der Waals surface area contributed by atoms with E-state index in [0.29, 0.717) is 0 Å². The van der Waals surface area contributed by atoms with Gasteiger partial charge >= 0.3 is 6.18 Å². The van der Waals surface area contributed by atoms with Gasteiger partial charge in [-0.15, -0.1) is 0 Å². The highest BCUT2D eigenvalue weighted by Crippen LogP contribution is 2.29. The third-order valence-electron chi connectivity index (χ3n) is 1.27. The molecule has 1 rings (SSSR count). The van der Waals surface area contributed by atoms with Crippen molar-refractivity contribution in [2.75, 3.05) is 0 Å². The van der Waals surface area contributed by atoms with E-state index in [-0.39, 0.29) is 5.69 Å². The molecule has 0 unspecified atom stereocenters. The maximum absolute atomic E-state index is 12.2. The highest BCUT2D eigenvalue weighted by atomic mass is 19.4. The van der Waals surface area contributed by atoms with E-state index in [0.717, 1.165) is 6.20 Å². The minimum atomic E-state index is -4.62. The molecule has 0 aliphatic heterocycles. The van der Waals surface area contributed by atoms with Crippen LogP contribution in [-0.2, 0) is 6.18 Å². The van der Waals surface area contributed by atoms with Crippen molar-refractivity contribution in [2.45, 2.75) is 13.1 Å². The monoisotopic (exact) mass is 187 g/mol. The molecule has 13 heavy (non-hydrogen) atoms. The van der Waals surface area contributed by atoms with E-state index in [1.807, 2.05) is 0 Å². The van der Waals surface area contributed by atoms with Gasteiger partial charge in [0, 0.05) is 6.20 Å². The fourth-order valence-electron chi connectivity index (χ4n) is 0.757. The van der Waals surface area contributed by atoms with Crippen molar-refractivity contribution in [2.24, 2.45) is 0 Å².